The van der Waals surface area contributed by atoms with Crippen molar-refractivity contribution in [3.8, 4) is 0 Å². The highest BCUT2D eigenvalue weighted by Gasteiger charge is 2.22. The molecule has 0 atom stereocenters. The zero-order valence-corrected chi connectivity index (χ0v) is 15.4. The molecule has 8 nitrogen and oxygen atoms in total. The molecule has 4 rings (SSSR count). The van der Waals surface area contributed by atoms with Crippen LogP contribution in [0.1, 0.15) is 4.88 Å². The molecule has 1 fully saturated rings. The standard InChI is InChI=1S/C17H21N7OS/c1-22-16-14(10-21-22)17(20-12-19-16)24-6-4-23(5-7-24)11-15(25)18-9-13-3-2-8-26-13/h2-3,8,10,12H,4-7,9,11H2,1H3,(H,18,25). The fraction of sp³-hybridized carbons (Fsp3) is 0.412. The van der Waals surface area contributed by atoms with Gasteiger partial charge in [0.2, 0.25) is 5.91 Å². The van der Waals surface area contributed by atoms with Gasteiger partial charge in [-0.05, 0) is 11.4 Å². The molecule has 0 bridgehead atoms. The lowest BCUT2D eigenvalue weighted by atomic mass is 10.2. The van der Waals surface area contributed by atoms with Gasteiger partial charge in [0, 0.05) is 38.1 Å². The third-order valence-electron chi connectivity index (χ3n) is 4.59. The Bertz CT molecular complexity index is 884. The molecule has 0 saturated carbocycles. The summed E-state index contributed by atoms with van der Waals surface area (Å²) in [4.78, 5) is 26.5. The zero-order valence-electron chi connectivity index (χ0n) is 14.6. The molecular weight excluding hydrogens is 350 g/mol. The third kappa shape index (κ3) is 3.54. The molecule has 0 aliphatic carbocycles. The van der Waals surface area contributed by atoms with Gasteiger partial charge in [0.15, 0.2) is 5.65 Å². The number of thiophene rings is 1. The smallest absolute Gasteiger partial charge is 0.234 e. The van der Waals surface area contributed by atoms with Crippen LogP contribution >= 0.6 is 11.3 Å². The Labute approximate surface area is 155 Å². The van der Waals surface area contributed by atoms with Crippen LogP contribution in [0.4, 0.5) is 5.82 Å². The van der Waals surface area contributed by atoms with Crippen molar-refractivity contribution in [3.63, 3.8) is 0 Å². The van der Waals surface area contributed by atoms with Crippen molar-refractivity contribution in [2.75, 3.05) is 37.6 Å². The third-order valence-corrected chi connectivity index (χ3v) is 5.46. The summed E-state index contributed by atoms with van der Waals surface area (Å²) < 4.78 is 1.76. The molecule has 1 N–H and O–H groups in total. The Balaban J connectivity index is 1.31. The number of fused-ring (bicyclic) bond motifs is 1. The van der Waals surface area contributed by atoms with Gasteiger partial charge in [-0.1, -0.05) is 6.07 Å². The van der Waals surface area contributed by atoms with Crippen molar-refractivity contribution in [1.29, 1.82) is 0 Å². The molecule has 0 radical (unpaired) electrons. The van der Waals surface area contributed by atoms with E-state index in [-0.39, 0.29) is 5.91 Å². The minimum absolute atomic E-state index is 0.0727. The largest absolute Gasteiger partial charge is 0.353 e. The highest BCUT2D eigenvalue weighted by molar-refractivity contribution is 7.09. The van der Waals surface area contributed by atoms with Crippen LogP contribution in [0.25, 0.3) is 11.0 Å². The maximum atomic E-state index is 12.1. The Morgan fingerprint density at radius 2 is 2.12 bits per heavy atom. The van der Waals surface area contributed by atoms with E-state index in [4.69, 9.17) is 0 Å². The normalized spacial score (nSPS) is 15.5. The average molecular weight is 371 g/mol. The maximum absolute atomic E-state index is 12.1. The number of rotatable bonds is 5. The molecule has 1 aliphatic heterocycles. The lowest BCUT2D eigenvalue weighted by Gasteiger charge is -2.35. The molecule has 9 heteroatoms. The molecule has 0 aromatic carbocycles. The predicted octanol–water partition coefficient (Wildman–Crippen LogP) is 0.863. The van der Waals surface area contributed by atoms with E-state index < -0.39 is 0 Å². The quantitative estimate of drug-likeness (QED) is 0.717. The monoisotopic (exact) mass is 371 g/mol. The number of aryl methyl sites for hydroxylation is 1. The molecule has 1 amide bonds. The predicted molar refractivity (Wildman–Crippen MR) is 101 cm³/mol. The first-order valence-electron chi connectivity index (χ1n) is 8.60. The summed E-state index contributed by atoms with van der Waals surface area (Å²) in [5, 5.41) is 10.2. The fourth-order valence-corrected chi connectivity index (χ4v) is 3.82. The molecule has 4 heterocycles. The molecule has 1 saturated heterocycles. The zero-order chi connectivity index (χ0) is 17.9. The van der Waals surface area contributed by atoms with E-state index in [9.17, 15) is 4.79 Å². The number of carbonyl (C=O) groups is 1. The molecule has 3 aromatic heterocycles. The maximum Gasteiger partial charge on any atom is 0.234 e. The summed E-state index contributed by atoms with van der Waals surface area (Å²) in [6, 6.07) is 4.03. The first-order valence-corrected chi connectivity index (χ1v) is 9.48. The van der Waals surface area contributed by atoms with Crippen molar-refractivity contribution in [2.24, 2.45) is 7.05 Å². The van der Waals surface area contributed by atoms with Gasteiger partial charge in [0.1, 0.15) is 12.1 Å². The molecule has 0 unspecified atom stereocenters. The average Bonchev–Trinajstić information content (AvgIpc) is 3.31. The van der Waals surface area contributed by atoms with Crippen LogP contribution in [0.15, 0.2) is 30.0 Å². The van der Waals surface area contributed by atoms with E-state index >= 15 is 0 Å². The van der Waals surface area contributed by atoms with Crippen LogP contribution in [0.2, 0.25) is 0 Å². The summed E-state index contributed by atoms with van der Waals surface area (Å²) >= 11 is 1.66. The minimum Gasteiger partial charge on any atom is -0.353 e. The van der Waals surface area contributed by atoms with E-state index in [1.54, 1.807) is 22.3 Å². The number of amides is 1. The fourth-order valence-electron chi connectivity index (χ4n) is 3.18. The first-order chi connectivity index (χ1) is 12.7. The highest BCUT2D eigenvalue weighted by atomic mass is 32.1. The van der Waals surface area contributed by atoms with E-state index in [0.717, 1.165) is 43.0 Å². The summed E-state index contributed by atoms with van der Waals surface area (Å²) in [6.07, 6.45) is 3.40. The van der Waals surface area contributed by atoms with Crippen LogP contribution in [-0.4, -0.2) is 63.3 Å². The van der Waals surface area contributed by atoms with Crippen molar-refractivity contribution >= 4 is 34.1 Å². The highest BCUT2D eigenvalue weighted by Crippen LogP contribution is 2.23. The molecule has 136 valence electrons. The van der Waals surface area contributed by atoms with Crippen molar-refractivity contribution in [1.82, 2.24) is 30.0 Å². The lowest BCUT2D eigenvalue weighted by Crippen LogP contribution is -2.49. The van der Waals surface area contributed by atoms with Crippen LogP contribution in [0.3, 0.4) is 0 Å². The van der Waals surface area contributed by atoms with Gasteiger partial charge in [-0.2, -0.15) is 5.10 Å². The molecular formula is C17H21N7OS. The minimum atomic E-state index is 0.0727. The summed E-state index contributed by atoms with van der Waals surface area (Å²) in [7, 11) is 1.88. The molecule has 26 heavy (non-hydrogen) atoms. The summed E-state index contributed by atoms with van der Waals surface area (Å²) in [5.41, 5.74) is 0.838. The Kier molecular flexibility index (Phi) is 4.81. The van der Waals surface area contributed by atoms with Gasteiger partial charge in [0.05, 0.1) is 24.7 Å². The topological polar surface area (TPSA) is 79.2 Å². The number of hydrogen-bond donors (Lipinski definition) is 1. The van der Waals surface area contributed by atoms with Gasteiger partial charge in [-0.3, -0.25) is 14.4 Å². The number of anilines is 1. The van der Waals surface area contributed by atoms with Gasteiger partial charge in [0.25, 0.3) is 0 Å². The first kappa shape index (κ1) is 16.9. The number of nitrogens with zero attached hydrogens (tertiary/aromatic N) is 6. The van der Waals surface area contributed by atoms with Gasteiger partial charge in [-0.15, -0.1) is 11.3 Å². The number of hydrogen-bond acceptors (Lipinski definition) is 7. The van der Waals surface area contributed by atoms with Gasteiger partial charge in [-0.25, -0.2) is 9.97 Å². The summed E-state index contributed by atoms with van der Waals surface area (Å²) in [5.74, 6) is 0.994. The van der Waals surface area contributed by atoms with Crippen LogP contribution < -0.4 is 10.2 Å². The second kappa shape index (κ2) is 7.38. The van der Waals surface area contributed by atoms with E-state index in [1.807, 2.05) is 30.8 Å². The van der Waals surface area contributed by atoms with E-state index in [0.29, 0.717) is 13.1 Å². The summed E-state index contributed by atoms with van der Waals surface area (Å²) in [6.45, 7) is 4.37. The molecule has 0 spiro atoms. The number of carbonyl (C=O) groups excluding carboxylic acids is 1. The van der Waals surface area contributed by atoms with E-state index in [1.165, 1.54) is 4.88 Å². The SMILES string of the molecule is Cn1ncc2c(N3CCN(CC(=O)NCc4cccs4)CC3)ncnc21. The van der Waals surface area contributed by atoms with Gasteiger partial charge < -0.3 is 10.2 Å². The number of piperazine rings is 1. The van der Waals surface area contributed by atoms with Crippen molar-refractivity contribution < 1.29 is 4.79 Å². The van der Waals surface area contributed by atoms with Crippen LogP contribution in [-0.2, 0) is 18.4 Å². The Morgan fingerprint density at radius 1 is 1.27 bits per heavy atom. The number of aromatic nitrogens is 4. The Morgan fingerprint density at radius 3 is 2.88 bits per heavy atom. The van der Waals surface area contributed by atoms with Crippen molar-refractivity contribution in [3.05, 3.63) is 34.9 Å². The lowest BCUT2D eigenvalue weighted by molar-refractivity contribution is -0.122. The van der Waals surface area contributed by atoms with E-state index in [2.05, 4.69) is 30.2 Å². The van der Waals surface area contributed by atoms with Gasteiger partial charge >= 0.3 is 0 Å². The Hall–Kier alpha value is -2.52. The second-order valence-corrected chi connectivity index (χ2v) is 7.35. The van der Waals surface area contributed by atoms with Crippen molar-refractivity contribution in [2.45, 2.75) is 6.54 Å². The second-order valence-electron chi connectivity index (χ2n) is 6.32. The molecule has 3 aromatic rings. The molecule has 1 aliphatic rings. The number of nitrogens with one attached hydrogen (secondary N) is 1. The van der Waals surface area contributed by atoms with Crippen LogP contribution in [0, 0.1) is 0 Å². The van der Waals surface area contributed by atoms with Crippen LogP contribution in [0.5, 0.6) is 0 Å².